The van der Waals surface area contributed by atoms with Crippen LogP contribution in [0.15, 0.2) is 77.1 Å². The first-order valence-electron chi connectivity index (χ1n) is 8.53. The Hall–Kier alpha value is -3.67. The molecule has 1 aromatic heterocycles. The Kier molecular flexibility index (Phi) is 4.53. The smallest absolute Gasteiger partial charge is 0.294 e. The molecule has 0 spiro atoms. The molecule has 2 N–H and O–H groups in total. The van der Waals surface area contributed by atoms with Crippen LogP contribution in [0.5, 0.6) is 11.5 Å². The van der Waals surface area contributed by atoms with Crippen molar-refractivity contribution in [3.05, 3.63) is 78.4 Å². The molecule has 0 atom stereocenters. The van der Waals surface area contributed by atoms with Gasteiger partial charge in [0, 0.05) is 11.8 Å². The van der Waals surface area contributed by atoms with Crippen molar-refractivity contribution >= 4 is 23.4 Å². The van der Waals surface area contributed by atoms with Crippen molar-refractivity contribution in [1.82, 2.24) is 0 Å². The van der Waals surface area contributed by atoms with Gasteiger partial charge >= 0.3 is 0 Å². The molecule has 0 bridgehead atoms. The van der Waals surface area contributed by atoms with Gasteiger partial charge in [0.05, 0.1) is 18.5 Å². The molecule has 1 aliphatic heterocycles. The first kappa shape index (κ1) is 16.8. The summed E-state index contributed by atoms with van der Waals surface area (Å²) in [7, 11) is 0. The van der Waals surface area contributed by atoms with Crippen LogP contribution in [-0.4, -0.2) is 19.1 Å². The number of ether oxygens (including phenoxy) is 2. The lowest BCUT2D eigenvalue weighted by molar-refractivity contribution is -0.117. The highest BCUT2D eigenvalue weighted by Gasteiger charge is 2.30. The van der Waals surface area contributed by atoms with Gasteiger partial charge in [-0.25, -0.2) is 0 Å². The number of para-hydroxylation sites is 1. The van der Waals surface area contributed by atoms with Crippen LogP contribution in [0.25, 0.3) is 6.08 Å². The molecular formula is C21H18N2O4. The average molecular weight is 362 g/mol. The van der Waals surface area contributed by atoms with E-state index in [9.17, 15) is 4.79 Å². The van der Waals surface area contributed by atoms with Crippen LogP contribution >= 0.6 is 0 Å². The minimum absolute atomic E-state index is 0.182. The SMILES string of the molecule is Nc1ccc2c(c1)N(CCOc1ccccc1)C(=O)/C(=C\c1ccco1)O2. The summed E-state index contributed by atoms with van der Waals surface area (Å²) < 4.78 is 16.8. The predicted molar refractivity (Wildman–Crippen MR) is 102 cm³/mol. The lowest BCUT2D eigenvalue weighted by Crippen LogP contribution is -2.40. The lowest BCUT2D eigenvalue weighted by Gasteiger charge is -2.30. The van der Waals surface area contributed by atoms with E-state index in [1.165, 1.54) is 0 Å². The molecule has 136 valence electrons. The van der Waals surface area contributed by atoms with E-state index in [1.54, 1.807) is 47.6 Å². The van der Waals surface area contributed by atoms with Crippen LogP contribution in [0.3, 0.4) is 0 Å². The first-order chi connectivity index (χ1) is 13.2. The van der Waals surface area contributed by atoms with E-state index in [0.717, 1.165) is 5.75 Å². The first-order valence-corrected chi connectivity index (χ1v) is 8.53. The molecule has 1 amide bonds. The molecule has 1 aliphatic rings. The number of nitrogen functional groups attached to an aromatic ring is 1. The van der Waals surface area contributed by atoms with Gasteiger partial charge in [-0.05, 0) is 42.5 Å². The standard InChI is InChI=1S/C21H18N2O4/c22-15-8-9-19-18(13-15)23(10-12-26-16-5-2-1-3-6-16)21(24)20(27-19)14-17-7-4-11-25-17/h1-9,11,13-14H,10,12,22H2/b20-14+. The Balaban J connectivity index is 1.59. The fourth-order valence-corrected chi connectivity index (χ4v) is 2.82. The number of anilines is 2. The van der Waals surface area contributed by atoms with Crippen molar-refractivity contribution in [2.45, 2.75) is 0 Å². The van der Waals surface area contributed by atoms with E-state index < -0.39 is 0 Å². The molecule has 0 fully saturated rings. The summed E-state index contributed by atoms with van der Waals surface area (Å²) in [6.07, 6.45) is 3.12. The number of fused-ring (bicyclic) bond motifs is 1. The summed E-state index contributed by atoms with van der Waals surface area (Å²) in [5.74, 6) is 1.75. The average Bonchev–Trinajstić information content (AvgIpc) is 3.19. The fourth-order valence-electron chi connectivity index (χ4n) is 2.82. The van der Waals surface area contributed by atoms with Crippen molar-refractivity contribution in [2.24, 2.45) is 0 Å². The molecule has 6 nitrogen and oxygen atoms in total. The van der Waals surface area contributed by atoms with Gasteiger partial charge in [0.1, 0.15) is 18.1 Å². The van der Waals surface area contributed by atoms with Gasteiger partial charge in [0.2, 0.25) is 0 Å². The molecule has 6 heteroatoms. The lowest BCUT2D eigenvalue weighted by atomic mass is 10.2. The van der Waals surface area contributed by atoms with E-state index in [1.807, 2.05) is 30.3 Å². The number of carbonyl (C=O) groups is 1. The molecular weight excluding hydrogens is 344 g/mol. The molecule has 0 saturated carbocycles. The number of nitrogens with zero attached hydrogens (tertiary/aromatic N) is 1. The molecule has 0 aliphatic carbocycles. The Morgan fingerprint density at radius 3 is 2.70 bits per heavy atom. The zero-order valence-corrected chi connectivity index (χ0v) is 14.5. The van der Waals surface area contributed by atoms with E-state index in [2.05, 4.69) is 0 Å². The van der Waals surface area contributed by atoms with Crippen LogP contribution in [0, 0.1) is 0 Å². The summed E-state index contributed by atoms with van der Waals surface area (Å²) in [6.45, 7) is 0.682. The quantitative estimate of drug-likeness (QED) is 0.553. The van der Waals surface area contributed by atoms with Gasteiger partial charge in [-0.15, -0.1) is 0 Å². The summed E-state index contributed by atoms with van der Waals surface area (Å²) in [5.41, 5.74) is 7.07. The summed E-state index contributed by atoms with van der Waals surface area (Å²) in [4.78, 5) is 14.6. The number of furan rings is 1. The largest absolute Gasteiger partial charge is 0.492 e. The van der Waals surface area contributed by atoms with Crippen molar-refractivity contribution < 1.29 is 18.7 Å². The van der Waals surface area contributed by atoms with E-state index in [4.69, 9.17) is 19.6 Å². The third-order valence-corrected chi connectivity index (χ3v) is 4.09. The molecule has 3 aromatic rings. The van der Waals surface area contributed by atoms with E-state index in [0.29, 0.717) is 36.0 Å². The van der Waals surface area contributed by atoms with Gasteiger partial charge in [-0.3, -0.25) is 9.69 Å². The highest BCUT2D eigenvalue weighted by atomic mass is 16.5. The van der Waals surface area contributed by atoms with E-state index in [-0.39, 0.29) is 11.7 Å². The molecule has 0 unspecified atom stereocenters. The van der Waals surface area contributed by atoms with Gasteiger partial charge in [0.15, 0.2) is 11.5 Å². The Morgan fingerprint density at radius 1 is 1.07 bits per heavy atom. The molecule has 2 aromatic carbocycles. The second-order valence-electron chi connectivity index (χ2n) is 5.97. The molecule has 27 heavy (non-hydrogen) atoms. The molecule has 0 saturated heterocycles. The van der Waals surface area contributed by atoms with Crippen LogP contribution in [0.1, 0.15) is 5.76 Å². The maximum atomic E-state index is 13.0. The Morgan fingerprint density at radius 2 is 1.93 bits per heavy atom. The maximum Gasteiger partial charge on any atom is 0.294 e. The monoisotopic (exact) mass is 362 g/mol. The van der Waals surface area contributed by atoms with Crippen molar-refractivity contribution in [3.63, 3.8) is 0 Å². The minimum atomic E-state index is -0.277. The molecule has 0 radical (unpaired) electrons. The van der Waals surface area contributed by atoms with Crippen LogP contribution in [0.2, 0.25) is 0 Å². The van der Waals surface area contributed by atoms with Crippen LogP contribution in [0.4, 0.5) is 11.4 Å². The summed E-state index contributed by atoms with van der Waals surface area (Å²) >= 11 is 0. The number of hydrogen-bond donors (Lipinski definition) is 1. The second kappa shape index (κ2) is 7.29. The number of amides is 1. The van der Waals surface area contributed by atoms with Crippen molar-refractivity contribution in [2.75, 3.05) is 23.8 Å². The van der Waals surface area contributed by atoms with Crippen LogP contribution < -0.4 is 20.1 Å². The van der Waals surface area contributed by atoms with Gasteiger partial charge < -0.3 is 19.6 Å². The topological polar surface area (TPSA) is 77.9 Å². The highest BCUT2D eigenvalue weighted by Crippen LogP contribution is 2.37. The fraction of sp³-hybridized carbons (Fsp3) is 0.0952. The number of hydrogen-bond acceptors (Lipinski definition) is 5. The summed E-state index contributed by atoms with van der Waals surface area (Å²) in [5, 5.41) is 0. The predicted octanol–water partition coefficient (Wildman–Crippen LogP) is 3.71. The number of carbonyl (C=O) groups excluding carboxylic acids is 1. The Labute approximate surface area is 156 Å². The van der Waals surface area contributed by atoms with Crippen molar-refractivity contribution in [3.8, 4) is 11.5 Å². The van der Waals surface area contributed by atoms with E-state index >= 15 is 0 Å². The Bertz CT molecular complexity index is 965. The zero-order valence-electron chi connectivity index (χ0n) is 14.5. The van der Waals surface area contributed by atoms with Gasteiger partial charge in [-0.1, -0.05) is 18.2 Å². The highest BCUT2D eigenvalue weighted by molar-refractivity contribution is 6.10. The molecule has 2 heterocycles. The van der Waals surface area contributed by atoms with Gasteiger partial charge in [-0.2, -0.15) is 0 Å². The van der Waals surface area contributed by atoms with Crippen molar-refractivity contribution in [1.29, 1.82) is 0 Å². The zero-order chi connectivity index (χ0) is 18.6. The minimum Gasteiger partial charge on any atom is -0.492 e. The number of benzene rings is 2. The number of rotatable bonds is 5. The normalized spacial score (nSPS) is 14.7. The third kappa shape index (κ3) is 3.64. The third-order valence-electron chi connectivity index (χ3n) is 4.09. The van der Waals surface area contributed by atoms with Gasteiger partial charge in [0.25, 0.3) is 5.91 Å². The number of nitrogens with two attached hydrogens (primary N) is 1. The summed E-state index contributed by atoms with van der Waals surface area (Å²) in [6, 6.07) is 18.2. The molecule has 4 rings (SSSR count). The maximum absolute atomic E-state index is 13.0. The van der Waals surface area contributed by atoms with Crippen LogP contribution in [-0.2, 0) is 4.79 Å². The second-order valence-corrected chi connectivity index (χ2v) is 5.97.